The number of benzene rings is 1. The van der Waals surface area contributed by atoms with Gasteiger partial charge in [-0.1, -0.05) is 18.2 Å². The van der Waals surface area contributed by atoms with Crippen LogP contribution in [0.25, 0.3) is 0 Å². The van der Waals surface area contributed by atoms with E-state index in [0.29, 0.717) is 12.0 Å². The smallest absolute Gasteiger partial charge is 0.242 e. The van der Waals surface area contributed by atoms with E-state index < -0.39 is 0 Å². The molecule has 0 amide bonds. The van der Waals surface area contributed by atoms with E-state index in [1.807, 2.05) is 0 Å². The zero-order chi connectivity index (χ0) is 8.27. The highest BCUT2D eigenvalue weighted by Crippen LogP contribution is 2.05. The molecule has 1 rings (SSSR count). The van der Waals surface area contributed by atoms with Crippen LogP contribution in [-0.2, 0) is 6.42 Å². The normalized spacial score (nSPS) is 9.55. The van der Waals surface area contributed by atoms with Crippen molar-refractivity contribution in [3.05, 3.63) is 35.6 Å². The Morgan fingerprint density at radius 2 is 2.09 bits per heavy atom. The topological polar surface area (TPSA) is 51.6 Å². The van der Waals surface area contributed by atoms with E-state index in [-0.39, 0.29) is 11.7 Å². The van der Waals surface area contributed by atoms with Crippen molar-refractivity contribution in [3.63, 3.8) is 0 Å². The van der Waals surface area contributed by atoms with Crippen LogP contribution in [-0.4, -0.2) is 5.84 Å². The first-order valence-electron chi connectivity index (χ1n) is 3.30. The fourth-order valence-corrected chi connectivity index (χ4v) is 0.862. The predicted octanol–water partition coefficient (Wildman–Crippen LogP) is -0.515. The van der Waals surface area contributed by atoms with Crippen LogP contribution in [0.2, 0.25) is 0 Å². The van der Waals surface area contributed by atoms with Crippen molar-refractivity contribution in [2.45, 2.75) is 6.42 Å². The third kappa shape index (κ3) is 2.04. The Morgan fingerprint density at radius 3 is 2.64 bits per heavy atom. The molecule has 0 aliphatic carbocycles. The molecule has 0 aliphatic heterocycles. The number of halogens is 1. The van der Waals surface area contributed by atoms with E-state index >= 15 is 0 Å². The van der Waals surface area contributed by atoms with Gasteiger partial charge in [-0.25, -0.2) is 4.39 Å². The van der Waals surface area contributed by atoms with Gasteiger partial charge >= 0.3 is 0 Å². The molecule has 0 heterocycles. The summed E-state index contributed by atoms with van der Waals surface area (Å²) in [6.45, 7) is 0. The van der Waals surface area contributed by atoms with Crippen LogP contribution in [0.15, 0.2) is 24.3 Å². The van der Waals surface area contributed by atoms with Crippen molar-refractivity contribution in [2.24, 2.45) is 5.73 Å². The van der Waals surface area contributed by atoms with Crippen LogP contribution < -0.4 is 11.1 Å². The lowest BCUT2D eigenvalue weighted by Crippen LogP contribution is -2.46. The van der Waals surface area contributed by atoms with Gasteiger partial charge < -0.3 is 0 Å². The quantitative estimate of drug-likeness (QED) is 0.436. The minimum Gasteiger partial charge on any atom is -0.291 e. The molecule has 0 radical (unpaired) electrons. The molecule has 2 nitrogen and oxygen atoms in total. The second-order valence-corrected chi connectivity index (χ2v) is 2.34. The molecule has 0 fully saturated rings. The van der Waals surface area contributed by atoms with Gasteiger partial charge in [-0.15, -0.1) is 0 Å². The lowest BCUT2D eigenvalue weighted by atomic mass is 10.1. The Hall–Kier alpha value is -1.38. The molecule has 0 saturated carbocycles. The monoisotopic (exact) mass is 153 g/mol. The molecule has 11 heavy (non-hydrogen) atoms. The van der Waals surface area contributed by atoms with Gasteiger partial charge in [-0.2, -0.15) is 0 Å². The number of nitrogens with two attached hydrogens (primary N) is 2. The average Bonchev–Trinajstić information content (AvgIpc) is 1.93. The first-order valence-corrected chi connectivity index (χ1v) is 3.30. The summed E-state index contributed by atoms with van der Waals surface area (Å²) in [5.74, 6) is -0.0315. The summed E-state index contributed by atoms with van der Waals surface area (Å²) in [6, 6.07) is 6.43. The summed E-state index contributed by atoms with van der Waals surface area (Å²) in [5.41, 5.74) is 5.76. The molecule has 1 aromatic carbocycles. The zero-order valence-corrected chi connectivity index (χ0v) is 6.05. The molecule has 3 heteroatoms. The largest absolute Gasteiger partial charge is 0.291 e. The molecule has 0 aliphatic rings. The van der Waals surface area contributed by atoms with Crippen molar-refractivity contribution >= 4 is 5.84 Å². The molecule has 0 unspecified atom stereocenters. The summed E-state index contributed by atoms with van der Waals surface area (Å²) in [7, 11) is 0. The van der Waals surface area contributed by atoms with Crippen LogP contribution in [0.5, 0.6) is 0 Å². The van der Waals surface area contributed by atoms with Crippen LogP contribution in [0.3, 0.4) is 0 Å². The maximum absolute atomic E-state index is 12.8. The summed E-state index contributed by atoms with van der Waals surface area (Å²) >= 11 is 0. The first kappa shape index (κ1) is 7.72. The zero-order valence-electron chi connectivity index (χ0n) is 6.05. The molecule has 1 aromatic rings. The van der Waals surface area contributed by atoms with Gasteiger partial charge in [0.2, 0.25) is 5.84 Å². The van der Waals surface area contributed by atoms with E-state index in [4.69, 9.17) is 11.1 Å². The number of amidine groups is 1. The van der Waals surface area contributed by atoms with Crippen molar-refractivity contribution < 1.29 is 9.80 Å². The van der Waals surface area contributed by atoms with Gasteiger partial charge in [0.25, 0.3) is 0 Å². The number of hydrogen-bond donors (Lipinski definition) is 2. The SMILES string of the molecule is NC(=[NH2+])Cc1ccccc1F. The molecule has 4 N–H and O–H groups in total. The first-order chi connectivity index (χ1) is 5.20. The van der Waals surface area contributed by atoms with Crippen molar-refractivity contribution in [2.75, 3.05) is 0 Å². The molecule has 0 saturated heterocycles. The second kappa shape index (κ2) is 3.14. The molecule has 0 spiro atoms. The minimum absolute atomic E-state index is 0.232. The molecular weight excluding hydrogens is 143 g/mol. The van der Waals surface area contributed by atoms with E-state index in [1.165, 1.54) is 6.07 Å². The van der Waals surface area contributed by atoms with Crippen molar-refractivity contribution in [1.29, 1.82) is 0 Å². The van der Waals surface area contributed by atoms with E-state index in [1.54, 1.807) is 18.2 Å². The van der Waals surface area contributed by atoms with E-state index in [0.717, 1.165) is 0 Å². The number of rotatable bonds is 2. The summed E-state index contributed by atoms with van der Waals surface area (Å²) in [5, 5.41) is 5.22. The Labute approximate surface area is 64.4 Å². The van der Waals surface area contributed by atoms with Crippen LogP contribution in [0.4, 0.5) is 4.39 Å². The van der Waals surface area contributed by atoms with E-state index in [2.05, 4.69) is 0 Å². The molecular formula is C8H10FN2+. The van der Waals surface area contributed by atoms with Crippen LogP contribution in [0.1, 0.15) is 5.56 Å². The fourth-order valence-electron chi connectivity index (χ4n) is 0.862. The summed E-state index contributed by atoms with van der Waals surface area (Å²) < 4.78 is 12.8. The summed E-state index contributed by atoms with van der Waals surface area (Å²) in [6.07, 6.45) is 0.298. The lowest BCUT2D eigenvalue weighted by molar-refractivity contribution is -0.117. The van der Waals surface area contributed by atoms with Crippen molar-refractivity contribution in [3.8, 4) is 0 Å². The highest BCUT2D eigenvalue weighted by atomic mass is 19.1. The highest BCUT2D eigenvalue weighted by molar-refractivity contribution is 5.76. The van der Waals surface area contributed by atoms with Crippen LogP contribution >= 0.6 is 0 Å². The Morgan fingerprint density at radius 1 is 1.45 bits per heavy atom. The third-order valence-corrected chi connectivity index (χ3v) is 1.35. The molecule has 0 atom stereocenters. The Kier molecular flexibility index (Phi) is 2.21. The Balaban J connectivity index is 2.86. The van der Waals surface area contributed by atoms with Gasteiger partial charge in [-0.05, 0) is 11.6 Å². The number of hydrogen-bond acceptors (Lipinski definition) is 0. The van der Waals surface area contributed by atoms with Gasteiger partial charge in [0.05, 0.1) is 6.42 Å². The molecule has 0 bridgehead atoms. The van der Waals surface area contributed by atoms with Gasteiger partial charge in [0, 0.05) is 0 Å². The maximum Gasteiger partial charge on any atom is 0.242 e. The Bertz CT molecular complexity index is 271. The van der Waals surface area contributed by atoms with Gasteiger partial charge in [-0.3, -0.25) is 11.1 Å². The van der Waals surface area contributed by atoms with Gasteiger partial charge in [0.15, 0.2) is 0 Å². The standard InChI is InChI=1S/C8H9FN2/c9-7-4-2-1-3-6(7)5-8(10)11/h1-4H,5H2,(H3,10,11)/p+1. The van der Waals surface area contributed by atoms with Gasteiger partial charge in [0.1, 0.15) is 5.82 Å². The minimum atomic E-state index is -0.263. The predicted molar refractivity (Wildman–Crippen MR) is 41.2 cm³/mol. The van der Waals surface area contributed by atoms with Crippen LogP contribution in [0, 0.1) is 5.82 Å². The summed E-state index contributed by atoms with van der Waals surface area (Å²) in [4.78, 5) is 0. The lowest BCUT2D eigenvalue weighted by Gasteiger charge is -1.96. The van der Waals surface area contributed by atoms with Crippen molar-refractivity contribution in [1.82, 2.24) is 0 Å². The third-order valence-electron chi connectivity index (χ3n) is 1.35. The average molecular weight is 153 g/mol. The maximum atomic E-state index is 12.8. The fraction of sp³-hybridized carbons (Fsp3) is 0.125. The molecule has 58 valence electrons. The molecule has 0 aromatic heterocycles. The second-order valence-electron chi connectivity index (χ2n) is 2.34. The van der Waals surface area contributed by atoms with E-state index in [9.17, 15) is 4.39 Å². The highest BCUT2D eigenvalue weighted by Gasteiger charge is 2.03.